The first-order valence-electron chi connectivity index (χ1n) is 10.3. The zero-order chi connectivity index (χ0) is 23.4. The number of carbonyl (C=O) groups is 1. The van der Waals surface area contributed by atoms with E-state index in [1.165, 1.54) is 19.2 Å². The van der Waals surface area contributed by atoms with E-state index in [2.05, 4.69) is 15.3 Å². The van der Waals surface area contributed by atoms with Gasteiger partial charge in [0.15, 0.2) is 11.5 Å². The third kappa shape index (κ3) is 4.62. The number of aromatic nitrogens is 3. The molecule has 0 bridgehead atoms. The summed E-state index contributed by atoms with van der Waals surface area (Å²) in [6.07, 6.45) is 3.39. The molecule has 1 amide bonds. The summed E-state index contributed by atoms with van der Waals surface area (Å²) < 4.78 is 12.3. The molecule has 2 aromatic heterocycles. The van der Waals surface area contributed by atoms with Crippen LogP contribution in [0.25, 0.3) is 10.9 Å². The van der Waals surface area contributed by atoms with E-state index in [0.717, 1.165) is 10.1 Å². The Hall–Kier alpha value is -4.40. The summed E-state index contributed by atoms with van der Waals surface area (Å²) in [6, 6.07) is 13.3. The number of amides is 1. The second-order valence-corrected chi connectivity index (χ2v) is 7.21. The highest BCUT2D eigenvalue weighted by Crippen LogP contribution is 2.31. The number of rotatable bonds is 7. The minimum absolute atomic E-state index is 0.259. The summed E-state index contributed by atoms with van der Waals surface area (Å²) in [4.78, 5) is 44.1. The third-order valence-corrected chi connectivity index (χ3v) is 5.10. The van der Waals surface area contributed by atoms with Crippen molar-refractivity contribution in [2.45, 2.75) is 20.1 Å². The Balaban J connectivity index is 1.57. The van der Waals surface area contributed by atoms with Gasteiger partial charge in [0.2, 0.25) is 0 Å². The molecule has 0 unspecified atom stereocenters. The van der Waals surface area contributed by atoms with Crippen molar-refractivity contribution in [3.05, 3.63) is 92.9 Å². The second-order valence-electron chi connectivity index (χ2n) is 7.21. The average molecular weight is 446 g/mol. The highest BCUT2D eigenvalue weighted by molar-refractivity contribution is 6.06. The van der Waals surface area contributed by atoms with Crippen molar-refractivity contribution in [1.29, 1.82) is 0 Å². The molecule has 0 saturated heterocycles. The van der Waals surface area contributed by atoms with Gasteiger partial charge in [0.05, 0.1) is 18.0 Å². The van der Waals surface area contributed by atoms with Gasteiger partial charge in [-0.3, -0.25) is 19.1 Å². The number of fused-ring (bicyclic) bond motifs is 1. The predicted molar refractivity (Wildman–Crippen MR) is 124 cm³/mol. The number of carbonyl (C=O) groups excluding carboxylic acids is 1. The number of anilines is 1. The van der Waals surface area contributed by atoms with E-state index in [1.807, 2.05) is 12.1 Å². The molecule has 2 heterocycles. The molecule has 4 rings (SSSR count). The van der Waals surface area contributed by atoms with Gasteiger partial charge < -0.3 is 19.8 Å². The molecule has 2 N–H and O–H groups in total. The van der Waals surface area contributed by atoms with Crippen LogP contribution in [0.1, 0.15) is 22.8 Å². The van der Waals surface area contributed by atoms with Crippen molar-refractivity contribution >= 4 is 22.5 Å². The smallest absolute Gasteiger partial charge is 0.328 e. The van der Waals surface area contributed by atoms with Crippen molar-refractivity contribution in [3.8, 4) is 11.5 Å². The summed E-state index contributed by atoms with van der Waals surface area (Å²) in [7, 11) is 1.53. The number of nitrogens with one attached hydrogen (secondary N) is 2. The molecule has 168 valence electrons. The molecule has 0 fully saturated rings. The van der Waals surface area contributed by atoms with Crippen molar-refractivity contribution in [3.63, 3.8) is 0 Å². The third-order valence-electron chi connectivity index (χ3n) is 5.10. The molecule has 0 radical (unpaired) electrons. The highest BCUT2D eigenvalue weighted by Gasteiger charge is 2.13. The van der Waals surface area contributed by atoms with E-state index in [1.54, 1.807) is 43.6 Å². The van der Waals surface area contributed by atoms with Crippen LogP contribution in [0.2, 0.25) is 0 Å². The first kappa shape index (κ1) is 21.8. The van der Waals surface area contributed by atoms with Gasteiger partial charge in [0.25, 0.3) is 11.5 Å². The van der Waals surface area contributed by atoms with E-state index in [4.69, 9.17) is 9.47 Å². The van der Waals surface area contributed by atoms with Gasteiger partial charge in [-0.1, -0.05) is 6.07 Å². The van der Waals surface area contributed by atoms with Gasteiger partial charge in [0.1, 0.15) is 6.61 Å². The van der Waals surface area contributed by atoms with E-state index in [-0.39, 0.29) is 13.2 Å². The number of benzene rings is 2. The molecule has 2 aromatic carbocycles. The van der Waals surface area contributed by atoms with Crippen LogP contribution in [0.4, 0.5) is 5.69 Å². The summed E-state index contributed by atoms with van der Waals surface area (Å²) in [5, 5.41) is 3.14. The first-order chi connectivity index (χ1) is 16.0. The van der Waals surface area contributed by atoms with Crippen molar-refractivity contribution in [1.82, 2.24) is 14.5 Å². The maximum atomic E-state index is 12.8. The molecule has 4 aromatic rings. The topological polar surface area (TPSA) is 115 Å². The average Bonchev–Trinajstić information content (AvgIpc) is 2.83. The number of methoxy groups -OCH3 is 1. The number of hydrogen-bond acceptors (Lipinski definition) is 6. The number of nitrogens with zero attached hydrogens (tertiary/aromatic N) is 2. The van der Waals surface area contributed by atoms with Crippen LogP contribution in [0.3, 0.4) is 0 Å². The second kappa shape index (κ2) is 9.39. The number of hydrogen-bond donors (Lipinski definition) is 2. The SMILES string of the molecule is CCn1c(=O)[nH]c2cc(C(=O)Nc3ccc(OC)c(OCc4cccnc4)c3)ccc2c1=O. The summed E-state index contributed by atoms with van der Waals surface area (Å²) in [5.41, 5.74) is 1.07. The fourth-order valence-electron chi connectivity index (χ4n) is 3.40. The van der Waals surface area contributed by atoms with E-state index < -0.39 is 17.2 Å². The maximum Gasteiger partial charge on any atom is 0.328 e. The largest absolute Gasteiger partial charge is 0.493 e. The van der Waals surface area contributed by atoms with Gasteiger partial charge in [-0.05, 0) is 43.3 Å². The predicted octanol–water partition coefficient (Wildman–Crippen LogP) is 2.94. The molecule has 0 aliphatic rings. The van der Waals surface area contributed by atoms with Crippen molar-refractivity contribution < 1.29 is 14.3 Å². The lowest BCUT2D eigenvalue weighted by atomic mass is 10.1. The van der Waals surface area contributed by atoms with Gasteiger partial charge in [-0.15, -0.1) is 0 Å². The van der Waals surface area contributed by atoms with Gasteiger partial charge >= 0.3 is 5.69 Å². The van der Waals surface area contributed by atoms with Gasteiger partial charge in [-0.2, -0.15) is 0 Å². The van der Waals surface area contributed by atoms with Gasteiger partial charge in [0, 0.05) is 41.8 Å². The van der Waals surface area contributed by atoms with Crippen molar-refractivity contribution in [2.24, 2.45) is 0 Å². The fourth-order valence-corrected chi connectivity index (χ4v) is 3.40. The maximum absolute atomic E-state index is 12.8. The van der Waals surface area contributed by atoms with Crippen molar-refractivity contribution in [2.75, 3.05) is 12.4 Å². The molecule has 0 saturated carbocycles. The Bertz CT molecular complexity index is 1430. The van der Waals surface area contributed by atoms with Gasteiger partial charge in [-0.25, -0.2) is 4.79 Å². The minimum atomic E-state index is -0.516. The number of ether oxygens (including phenoxy) is 2. The molecule has 9 heteroatoms. The van der Waals surface area contributed by atoms with E-state index >= 15 is 0 Å². The standard InChI is InChI=1S/C24H22N4O5/c1-3-28-23(30)18-8-6-16(11-19(18)27-24(28)31)22(29)26-17-7-9-20(32-2)21(12-17)33-14-15-5-4-10-25-13-15/h4-13H,3,14H2,1-2H3,(H,26,29)(H,27,31). The lowest BCUT2D eigenvalue weighted by Crippen LogP contribution is -2.34. The normalized spacial score (nSPS) is 10.7. The summed E-state index contributed by atoms with van der Waals surface area (Å²) >= 11 is 0. The first-order valence-corrected chi connectivity index (χ1v) is 10.3. The Morgan fingerprint density at radius 3 is 2.70 bits per heavy atom. The van der Waals surface area contributed by atoms with Crippen LogP contribution in [-0.4, -0.2) is 27.6 Å². The Labute approximate surface area is 188 Å². The molecule has 9 nitrogen and oxygen atoms in total. The zero-order valence-electron chi connectivity index (χ0n) is 18.1. The van der Waals surface area contributed by atoms with Crippen LogP contribution in [0.15, 0.2) is 70.5 Å². The van der Waals surface area contributed by atoms with Crippen LogP contribution < -0.4 is 26.0 Å². The van der Waals surface area contributed by atoms with Crippen LogP contribution in [-0.2, 0) is 13.2 Å². The molecule has 0 spiro atoms. The van der Waals surface area contributed by atoms with E-state index in [0.29, 0.717) is 33.7 Å². The Morgan fingerprint density at radius 1 is 1.12 bits per heavy atom. The lowest BCUT2D eigenvalue weighted by Gasteiger charge is -2.13. The number of H-pyrrole nitrogens is 1. The summed E-state index contributed by atoms with van der Waals surface area (Å²) in [6.45, 7) is 2.26. The molecular formula is C24H22N4O5. The fraction of sp³-hybridized carbons (Fsp3) is 0.167. The highest BCUT2D eigenvalue weighted by atomic mass is 16.5. The Kier molecular flexibility index (Phi) is 6.21. The number of aromatic amines is 1. The molecule has 0 aliphatic heterocycles. The summed E-state index contributed by atoms with van der Waals surface area (Å²) in [5.74, 6) is 0.579. The minimum Gasteiger partial charge on any atom is -0.493 e. The lowest BCUT2D eigenvalue weighted by molar-refractivity contribution is 0.102. The van der Waals surface area contributed by atoms with Crippen LogP contribution in [0, 0.1) is 0 Å². The quantitative estimate of drug-likeness (QED) is 0.451. The molecule has 33 heavy (non-hydrogen) atoms. The molecule has 0 aliphatic carbocycles. The van der Waals surface area contributed by atoms with Crippen LogP contribution >= 0.6 is 0 Å². The monoisotopic (exact) mass is 446 g/mol. The van der Waals surface area contributed by atoms with Crippen LogP contribution in [0.5, 0.6) is 11.5 Å². The number of pyridine rings is 1. The molecular weight excluding hydrogens is 424 g/mol. The Morgan fingerprint density at radius 2 is 1.97 bits per heavy atom. The van der Waals surface area contributed by atoms with E-state index in [9.17, 15) is 14.4 Å². The zero-order valence-corrected chi connectivity index (χ0v) is 18.1. The molecule has 0 atom stereocenters.